The van der Waals surface area contributed by atoms with Crippen LogP contribution in [0.3, 0.4) is 0 Å². The number of fused-ring (bicyclic) bond motifs is 8. The molecule has 1 aromatic carbocycles. The van der Waals surface area contributed by atoms with Crippen molar-refractivity contribution in [3.05, 3.63) is 95.7 Å². The number of nitrogens with zero attached hydrogens (tertiary/aromatic N) is 6. The van der Waals surface area contributed by atoms with E-state index in [1.165, 1.54) is 42.9 Å². The fourth-order valence-electron chi connectivity index (χ4n) is 9.18. The van der Waals surface area contributed by atoms with Crippen LogP contribution in [0.1, 0.15) is 98.9 Å². The molecular formula is C44H36N6O4S4. The number of ether oxygens (including phenoxy) is 2. The maximum Gasteiger partial charge on any atom is 0.294 e. The lowest BCUT2D eigenvalue weighted by molar-refractivity contribution is 0.0205. The van der Waals surface area contributed by atoms with Crippen LogP contribution in [0.15, 0.2) is 33.9 Å². The molecule has 2 aliphatic heterocycles. The highest BCUT2D eigenvalue weighted by Crippen LogP contribution is 2.60. The van der Waals surface area contributed by atoms with Gasteiger partial charge in [-0.3, -0.25) is 14.2 Å². The van der Waals surface area contributed by atoms with Crippen LogP contribution in [0.2, 0.25) is 0 Å². The van der Waals surface area contributed by atoms with E-state index in [2.05, 4.69) is 17.0 Å². The van der Waals surface area contributed by atoms with Gasteiger partial charge in [-0.05, 0) is 102 Å². The van der Waals surface area contributed by atoms with Crippen molar-refractivity contribution in [2.75, 3.05) is 0 Å². The summed E-state index contributed by atoms with van der Waals surface area (Å²) in [6.07, 6.45) is 13.8. The number of thiazole rings is 2. The Hall–Kier alpha value is -5.48. The minimum absolute atomic E-state index is 0.0713. The Bertz CT molecular complexity index is 2870. The molecule has 290 valence electrons. The number of thiophene rings is 2. The van der Waals surface area contributed by atoms with Crippen molar-refractivity contribution in [1.29, 1.82) is 15.8 Å². The van der Waals surface area contributed by atoms with Gasteiger partial charge in [-0.1, -0.05) is 12.8 Å². The van der Waals surface area contributed by atoms with Crippen LogP contribution in [0.5, 0.6) is 11.5 Å². The largest absolute Gasteiger partial charge is 0.481 e. The number of nitriles is 3. The number of hydrogen-bond acceptors (Lipinski definition) is 11. The third-order valence-electron chi connectivity index (χ3n) is 11.8. The second kappa shape index (κ2) is 14.7. The molecule has 2 fully saturated rings. The van der Waals surface area contributed by atoms with E-state index < -0.39 is 11.2 Å². The van der Waals surface area contributed by atoms with Gasteiger partial charge in [-0.2, -0.15) is 10.5 Å². The second-order valence-electron chi connectivity index (χ2n) is 15.0. The molecule has 2 aliphatic carbocycles. The summed E-state index contributed by atoms with van der Waals surface area (Å²) < 4.78 is 18.9. The van der Waals surface area contributed by atoms with E-state index in [-0.39, 0.29) is 22.4 Å². The SMILES string of the molecule is [C-]#[N+]/C(C#N)=c1\s/c(=C/c2cc3c(s2)-c2cc4c(cc2C2(CCCCC2)O3)-c2sc(/C=c3/sc(=C(C#N)C#N)n(CC)c3=O)cc2OC42CCCCC2)c(=O)n1CC. The molecule has 9 rings (SSSR count). The molecule has 2 saturated carbocycles. The summed E-state index contributed by atoms with van der Waals surface area (Å²) >= 11 is 5.52. The van der Waals surface area contributed by atoms with Crippen molar-refractivity contribution in [1.82, 2.24) is 9.13 Å². The lowest BCUT2D eigenvalue weighted by atomic mass is 9.71. The van der Waals surface area contributed by atoms with E-state index in [9.17, 15) is 25.4 Å². The summed E-state index contributed by atoms with van der Waals surface area (Å²) in [5, 5.41) is 28.8. The second-order valence-corrected chi connectivity index (χ2v) is 19.3. The molecule has 0 amide bonds. The van der Waals surface area contributed by atoms with Gasteiger partial charge in [0.1, 0.15) is 44.2 Å². The van der Waals surface area contributed by atoms with Gasteiger partial charge in [0.05, 0.1) is 31.5 Å². The maximum absolute atomic E-state index is 13.5. The summed E-state index contributed by atoms with van der Waals surface area (Å²) in [7, 11) is 0. The number of aromatic nitrogens is 2. The van der Waals surface area contributed by atoms with E-state index in [1.54, 1.807) is 22.7 Å². The molecule has 2 spiro atoms. The summed E-state index contributed by atoms with van der Waals surface area (Å²) in [5.41, 5.74) is 3.02. The van der Waals surface area contributed by atoms with Crippen molar-refractivity contribution >= 4 is 68.8 Å². The molecule has 4 aliphatic rings. The van der Waals surface area contributed by atoms with E-state index in [0.29, 0.717) is 31.5 Å². The highest BCUT2D eigenvalue weighted by molar-refractivity contribution is 7.17. The molecule has 5 aromatic rings. The van der Waals surface area contributed by atoms with Crippen molar-refractivity contribution in [3.8, 4) is 50.6 Å². The fraction of sp³-hybridized carbons (Fsp3) is 0.364. The first-order chi connectivity index (χ1) is 28.2. The molecule has 0 atom stereocenters. The molecule has 0 saturated heterocycles. The van der Waals surface area contributed by atoms with Crippen LogP contribution in [0.4, 0.5) is 0 Å². The molecule has 6 heterocycles. The van der Waals surface area contributed by atoms with Crippen LogP contribution >= 0.6 is 45.3 Å². The van der Waals surface area contributed by atoms with Crippen molar-refractivity contribution < 1.29 is 9.47 Å². The van der Waals surface area contributed by atoms with Gasteiger partial charge < -0.3 is 14.0 Å². The Kier molecular flexibility index (Phi) is 9.66. The molecule has 0 N–H and O–H groups in total. The summed E-state index contributed by atoms with van der Waals surface area (Å²) in [6.45, 7) is 11.9. The van der Waals surface area contributed by atoms with Crippen molar-refractivity contribution in [2.24, 2.45) is 0 Å². The van der Waals surface area contributed by atoms with Crippen molar-refractivity contribution in [3.63, 3.8) is 0 Å². The summed E-state index contributed by atoms with van der Waals surface area (Å²) in [4.78, 5) is 34.2. The first-order valence-electron chi connectivity index (χ1n) is 19.5. The summed E-state index contributed by atoms with van der Waals surface area (Å²) in [6, 6.07) is 14.7. The molecule has 58 heavy (non-hydrogen) atoms. The van der Waals surface area contributed by atoms with Crippen LogP contribution in [0, 0.1) is 40.6 Å². The average Bonchev–Trinajstić information content (AvgIpc) is 3.99. The van der Waals surface area contributed by atoms with Gasteiger partial charge in [0.2, 0.25) is 0 Å². The van der Waals surface area contributed by atoms with Crippen LogP contribution < -0.4 is 39.0 Å². The molecular weight excluding hydrogens is 805 g/mol. The molecule has 0 bridgehead atoms. The van der Waals surface area contributed by atoms with Crippen LogP contribution in [0.25, 0.3) is 49.1 Å². The number of rotatable bonds is 4. The zero-order chi connectivity index (χ0) is 40.3. The lowest BCUT2D eigenvalue weighted by Gasteiger charge is -2.45. The summed E-state index contributed by atoms with van der Waals surface area (Å²) in [5.74, 6) is 1.62. The first kappa shape index (κ1) is 38.1. The Morgan fingerprint density at radius 1 is 0.707 bits per heavy atom. The fourth-order valence-corrected chi connectivity index (χ4v) is 13.7. The Balaban J connectivity index is 1.24. The predicted molar refractivity (Wildman–Crippen MR) is 228 cm³/mol. The van der Waals surface area contributed by atoms with E-state index in [1.807, 2.05) is 56.3 Å². The smallest absolute Gasteiger partial charge is 0.294 e. The normalized spacial score (nSPS) is 18.0. The monoisotopic (exact) mass is 840 g/mol. The Morgan fingerprint density at radius 3 is 1.57 bits per heavy atom. The molecule has 14 heteroatoms. The van der Waals surface area contributed by atoms with Gasteiger partial charge in [0.15, 0.2) is 5.57 Å². The quantitative estimate of drug-likeness (QED) is 0.176. The predicted octanol–water partition coefficient (Wildman–Crippen LogP) is 7.14. The average molecular weight is 841 g/mol. The Morgan fingerprint density at radius 2 is 1.16 bits per heavy atom. The third kappa shape index (κ3) is 5.93. The number of hydrogen-bond donors (Lipinski definition) is 0. The zero-order valence-electron chi connectivity index (χ0n) is 31.9. The highest BCUT2D eigenvalue weighted by atomic mass is 32.1. The first-order valence-corrected chi connectivity index (χ1v) is 22.8. The van der Waals surface area contributed by atoms with Gasteiger partial charge in [0, 0.05) is 45.1 Å². The topological polar surface area (TPSA) is 138 Å². The van der Waals surface area contributed by atoms with Gasteiger partial charge in [-0.25, -0.2) is 10.1 Å². The molecule has 4 aromatic heterocycles. The third-order valence-corrected chi connectivity index (χ3v) is 16.3. The van der Waals surface area contributed by atoms with Crippen LogP contribution in [-0.2, 0) is 24.3 Å². The van der Waals surface area contributed by atoms with Gasteiger partial charge in [-0.15, -0.1) is 45.3 Å². The molecule has 0 unspecified atom stereocenters. The minimum atomic E-state index is -0.511. The van der Waals surface area contributed by atoms with E-state index in [0.717, 1.165) is 106 Å². The highest BCUT2D eigenvalue weighted by Gasteiger charge is 2.48. The van der Waals surface area contributed by atoms with E-state index in [4.69, 9.17) is 16.0 Å². The zero-order valence-corrected chi connectivity index (χ0v) is 35.2. The standard InChI is InChI=1S/C44H36N6O4S4/c1-4-49-39(51)35(57-41(49)25(22-45)23-46)18-26-16-33-37(55-26)28-20-31-29(21-30(28)43(53-33)12-8-6-9-13-43)38-34(54-44(31)14-10-7-11-15-44)17-27(56-38)19-36-40(52)50(5-2)42(58-36)32(24-47)48-3/h16-21H,4-15H2,1-2H3/b35-18+,36-19+,42-32-. The molecule has 0 radical (unpaired) electrons. The Labute approximate surface area is 349 Å². The van der Waals surface area contributed by atoms with Gasteiger partial charge >= 0.3 is 0 Å². The molecule has 10 nitrogen and oxygen atoms in total. The van der Waals surface area contributed by atoms with Crippen molar-refractivity contribution in [2.45, 2.75) is 102 Å². The van der Waals surface area contributed by atoms with Gasteiger partial charge in [0.25, 0.3) is 16.8 Å². The minimum Gasteiger partial charge on any atom is -0.481 e. The van der Waals surface area contributed by atoms with Crippen LogP contribution in [-0.4, -0.2) is 9.13 Å². The number of benzene rings is 1. The van der Waals surface area contributed by atoms with E-state index >= 15 is 0 Å². The maximum atomic E-state index is 13.5. The lowest BCUT2D eigenvalue weighted by Crippen LogP contribution is -2.40.